The lowest BCUT2D eigenvalue weighted by atomic mass is 9.97. The fraction of sp³-hybridized carbons (Fsp3) is 0.476. The van der Waals surface area contributed by atoms with Crippen LogP contribution < -0.4 is 10.6 Å². The number of guanidine groups is 1. The Hall–Kier alpha value is -1.79. The number of piperidine rings is 1. The molecule has 0 amide bonds. The number of halogens is 1. The quantitative estimate of drug-likeness (QED) is 0.538. The van der Waals surface area contributed by atoms with E-state index in [2.05, 4.69) is 73.7 Å². The third-order valence-corrected chi connectivity index (χ3v) is 5.53. The number of likely N-dealkylation sites (tertiary alicyclic amines) is 1. The molecule has 0 bridgehead atoms. The van der Waals surface area contributed by atoms with Gasteiger partial charge < -0.3 is 15.1 Å². The number of rotatable bonds is 6. The van der Waals surface area contributed by atoms with Gasteiger partial charge in [0.1, 0.15) is 5.76 Å². The van der Waals surface area contributed by atoms with Gasteiger partial charge in [0.2, 0.25) is 0 Å². The molecule has 0 radical (unpaired) electrons. The van der Waals surface area contributed by atoms with Gasteiger partial charge in [-0.3, -0.25) is 9.89 Å². The van der Waals surface area contributed by atoms with Crippen LogP contribution in [-0.2, 0) is 13.0 Å². The van der Waals surface area contributed by atoms with E-state index in [0.29, 0.717) is 12.1 Å². The van der Waals surface area contributed by atoms with Gasteiger partial charge in [-0.2, -0.15) is 0 Å². The predicted octanol–water partition coefficient (Wildman–Crippen LogP) is 3.80. The molecule has 0 spiro atoms. The zero-order chi connectivity index (χ0) is 19.1. The third-order valence-electron chi connectivity index (χ3n) is 5.10. The molecular weight excluding hydrogens is 404 g/mol. The Bertz CT molecular complexity index is 731. The number of nitrogens with zero attached hydrogens (tertiary/aromatic N) is 2. The number of benzene rings is 1. The molecule has 2 atom stereocenters. The van der Waals surface area contributed by atoms with Crippen molar-refractivity contribution in [2.45, 2.75) is 44.8 Å². The average molecular weight is 433 g/mol. The van der Waals surface area contributed by atoms with Crippen molar-refractivity contribution < 1.29 is 4.42 Å². The van der Waals surface area contributed by atoms with Crippen molar-refractivity contribution in [1.29, 1.82) is 0 Å². The Morgan fingerprint density at radius 2 is 2.07 bits per heavy atom. The van der Waals surface area contributed by atoms with Crippen LogP contribution in [0.1, 0.15) is 31.1 Å². The standard InChI is InChI=1S/C21H29BrN4O/c1-16-14-18(11-13-26(16)15-17-6-4-3-5-7-17)25-21(23-2)24-12-10-19-8-9-20(22)27-19/h3-9,16,18H,10-15H2,1-2H3,(H2,23,24,25). The molecule has 5 nitrogen and oxygen atoms in total. The van der Waals surface area contributed by atoms with Crippen molar-refractivity contribution in [3.05, 3.63) is 58.5 Å². The van der Waals surface area contributed by atoms with E-state index >= 15 is 0 Å². The van der Waals surface area contributed by atoms with Gasteiger partial charge in [-0.15, -0.1) is 0 Å². The maximum atomic E-state index is 5.53. The summed E-state index contributed by atoms with van der Waals surface area (Å²) >= 11 is 3.34. The zero-order valence-corrected chi connectivity index (χ0v) is 17.7. The van der Waals surface area contributed by atoms with Crippen molar-refractivity contribution in [2.75, 3.05) is 20.1 Å². The largest absolute Gasteiger partial charge is 0.454 e. The van der Waals surface area contributed by atoms with Gasteiger partial charge >= 0.3 is 0 Å². The Balaban J connectivity index is 1.42. The van der Waals surface area contributed by atoms with Gasteiger partial charge in [-0.1, -0.05) is 30.3 Å². The second-order valence-corrected chi connectivity index (χ2v) is 7.91. The van der Waals surface area contributed by atoms with Gasteiger partial charge in [0.25, 0.3) is 0 Å². The van der Waals surface area contributed by atoms with E-state index < -0.39 is 0 Å². The fourth-order valence-corrected chi connectivity index (χ4v) is 3.92. The molecule has 1 saturated heterocycles. The summed E-state index contributed by atoms with van der Waals surface area (Å²) in [5.41, 5.74) is 1.39. The van der Waals surface area contributed by atoms with Crippen LogP contribution >= 0.6 is 15.9 Å². The van der Waals surface area contributed by atoms with E-state index in [9.17, 15) is 0 Å². The molecule has 1 aliphatic heterocycles. The summed E-state index contributed by atoms with van der Waals surface area (Å²) in [5, 5.41) is 6.97. The summed E-state index contributed by atoms with van der Waals surface area (Å²) in [5.74, 6) is 1.84. The second-order valence-electron chi connectivity index (χ2n) is 7.13. The topological polar surface area (TPSA) is 52.8 Å². The molecule has 2 N–H and O–H groups in total. The maximum absolute atomic E-state index is 5.53. The molecule has 2 aromatic rings. The van der Waals surface area contributed by atoms with E-state index in [0.717, 1.165) is 55.3 Å². The molecule has 3 rings (SSSR count). The highest BCUT2D eigenvalue weighted by molar-refractivity contribution is 9.10. The molecule has 1 aliphatic rings. The highest BCUT2D eigenvalue weighted by Gasteiger charge is 2.25. The molecule has 1 aromatic heterocycles. The highest BCUT2D eigenvalue weighted by Crippen LogP contribution is 2.20. The monoisotopic (exact) mass is 432 g/mol. The first-order valence-electron chi connectivity index (χ1n) is 9.63. The van der Waals surface area contributed by atoms with E-state index in [1.54, 1.807) is 0 Å². The Morgan fingerprint density at radius 1 is 1.26 bits per heavy atom. The van der Waals surface area contributed by atoms with Crippen molar-refractivity contribution in [3.8, 4) is 0 Å². The smallest absolute Gasteiger partial charge is 0.191 e. The van der Waals surface area contributed by atoms with Gasteiger partial charge in [-0.25, -0.2) is 0 Å². The number of hydrogen-bond donors (Lipinski definition) is 2. The van der Waals surface area contributed by atoms with Gasteiger partial charge in [0, 0.05) is 45.2 Å². The molecule has 0 saturated carbocycles. The molecule has 146 valence electrons. The Kier molecular flexibility index (Phi) is 7.35. The molecule has 1 aromatic carbocycles. The van der Waals surface area contributed by atoms with Crippen molar-refractivity contribution in [1.82, 2.24) is 15.5 Å². The summed E-state index contributed by atoms with van der Waals surface area (Å²) < 4.78 is 6.31. The molecule has 6 heteroatoms. The molecule has 2 heterocycles. The third kappa shape index (κ3) is 6.11. The summed E-state index contributed by atoms with van der Waals surface area (Å²) in [6, 6.07) is 15.6. The van der Waals surface area contributed by atoms with Crippen molar-refractivity contribution >= 4 is 21.9 Å². The second kappa shape index (κ2) is 9.95. The normalized spacial score (nSPS) is 21.2. The zero-order valence-electron chi connectivity index (χ0n) is 16.1. The van der Waals surface area contributed by atoms with Crippen molar-refractivity contribution in [2.24, 2.45) is 4.99 Å². The predicted molar refractivity (Wildman–Crippen MR) is 114 cm³/mol. The first-order chi connectivity index (χ1) is 13.1. The summed E-state index contributed by atoms with van der Waals surface area (Å²) in [6.45, 7) is 5.25. The minimum Gasteiger partial charge on any atom is -0.454 e. The molecule has 1 fully saturated rings. The van der Waals surface area contributed by atoms with Gasteiger partial charge in [0.15, 0.2) is 10.6 Å². The van der Waals surface area contributed by atoms with Crippen LogP contribution in [0.3, 0.4) is 0 Å². The Morgan fingerprint density at radius 3 is 2.74 bits per heavy atom. The lowest BCUT2D eigenvalue weighted by Gasteiger charge is -2.38. The molecule has 27 heavy (non-hydrogen) atoms. The lowest BCUT2D eigenvalue weighted by molar-refractivity contribution is 0.134. The first kappa shape index (κ1) is 20.0. The minimum atomic E-state index is 0.455. The van der Waals surface area contributed by atoms with Crippen LogP contribution in [0.2, 0.25) is 0 Å². The average Bonchev–Trinajstić information content (AvgIpc) is 3.09. The first-order valence-corrected chi connectivity index (χ1v) is 10.4. The van der Waals surface area contributed by atoms with Gasteiger partial charge in [0.05, 0.1) is 0 Å². The molecule has 0 aliphatic carbocycles. The highest BCUT2D eigenvalue weighted by atomic mass is 79.9. The Labute approximate surface area is 170 Å². The molecule has 2 unspecified atom stereocenters. The molecular formula is C21H29BrN4O. The van der Waals surface area contributed by atoms with Crippen LogP contribution in [0.25, 0.3) is 0 Å². The SMILES string of the molecule is CN=C(NCCc1ccc(Br)o1)NC1CCN(Cc2ccccc2)C(C)C1. The summed E-state index contributed by atoms with van der Waals surface area (Å²) in [6.07, 6.45) is 3.08. The lowest BCUT2D eigenvalue weighted by Crippen LogP contribution is -2.51. The van der Waals surface area contributed by atoms with Crippen LogP contribution in [-0.4, -0.2) is 43.1 Å². The van der Waals surface area contributed by atoms with E-state index in [1.807, 2.05) is 19.2 Å². The number of furan rings is 1. The minimum absolute atomic E-state index is 0.455. The number of hydrogen-bond acceptors (Lipinski definition) is 3. The summed E-state index contributed by atoms with van der Waals surface area (Å²) in [4.78, 5) is 6.94. The van der Waals surface area contributed by atoms with Crippen LogP contribution in [0.5, 0.6) is 0 Å². The number of aliphatic imine (C=N–C) groups is 1. The van der Waals surface area contributed by atoms with E-state index in [4.69, 9.17) is 4.42 Å². The van der Waals surface area contributed by atoms with E-state index in [1.165, 1.54) is 5.56 Å². The van der Waals surface area contributed by atoms with Crippen molar-refractivity contribution in [3.63, 3.8) is 0 Å². The maximum Gasteiger partial charge on any atom is 0.191 e. The van der Waals surface area contributed by atoms with Crippen LogP contribution in [0.15, 0.2) is 56.5 Å². The summed E-state index contributed by atoms with van der Waals surface area (Å²) in [7, 11) is 1.83. The van der Waals surface area contributed by atoms with Gasteiger partial charge in [-0.05, 0) is 53.4 Å². The number of nitrogens with one attached hydrogen (secondary N) is 2. The van der Waals surface area contributed by atoms with E-state index in [-0.39, 0.29) is 0 Å². The fourth-order valence-electron chi connectivity index (χ4n) is 3.58. The van der Waals surface area contributed by atoms with Crippen LogP contribution in [0, 0.1) is 0 Å². The van der Waals surface area contributed by atoms with Crippen LogP contribution in [0.4, 0.5) is 0 Å².